The summed E-state index contributed by atoms with van der Waals surface area (Å²) in [5, 5.41) is 26.0. The molecule has 14 heteroatoms. The molecule has 0 bridgehead atoms. The number of aliphatic hydroxyl groups is 1. The van der Waals surface area contributed by atoms with Crippen molar-refractivity contribution in [3.8, 4) is 0 Å². The van der Waals surface area contributed by atoms with Crippen molar-refractivity contribution in [2.75, 3.05) is 25.2 Å². The number of aliphatic hydroxyl groups excluding tert-OH is 1. The average Bonchev–Trinajstić information content (AvgIpc) is 2.77. The molecular weight excluding hydrogens is 456 g/mol. The van der Waals surface area contributed by atoms with Crippen LogP contribution in [0.4, 0.5) is 0 Å². The number of nitrogens with one attached hydrogen (secondary N) is 3. The molecule has 0 aromatic rings. The molecule has 190 valence electrons. The molecule has 0 aliphatic heterocycles. The van der Waals surface area contributed by atoms with Gasteiger partial charge in [-0.1, -0.05) is 0 Å². The maximum Gasteiger partial charge on any atom is 0.326 e. The highest BCUT2D eigenvalue weighted by Gasteiger charge is 2.29. The van der Waals surface area contributed by atoms with Gasteiger partial charge in [-0.15, -0.1) is 0 Å². The van der Waals surface area contributed by atoms with E-state index in [2.05, 4.69) is 16.0 Å². The van der Waals surface area contributed by atoms with Gasteiger partial charge in [-0.05, 0) is 50.7 Å². The van der Waals surface area contributed by atoms with E-state index in [1.807, 2.05) is 0 Å². The third kappa shape index (κ3) is 13.0. The van der Waals surface area contributed by atoms with Gasteiger partial charge in [-0.25, -0.2) is 4.79 Å². The average molecular weight is 493 g/mol. The van der Waals surface area contributed by atoms with Gasteiger partial charge in [0, 0.05) is 6.42 Å². The monoisotopic (exact) mass is 492 g/mol. The molecule has 0 aromatic heterocycles. The molecule has 0 aliphatic carbocycles. The van der Waals surface area contributed by atoms with Crippen molar-refractivity contribution in [3.63, 3.8) is 0 Å². The van der Waals surface area contributed by atoms with Crippen LogP contribution in [0, 0.1) is 0 Å². The van der Waals surface area contributed by atoms with Gasteiger partial charge < -0.3 is 43.4 Å². The Balaban J connectivity index is 5.20. The van der Waals surface area contributed by atoms with Crippen LogP contribution in [0.5, 0.6) is 0 Å². The molecule has 0 aliphatic rings. The highest BCUT2D eigenvalue weighted by Crippen LogP contribution is 2.06. The number of carbonyl (C=O) groups excluding carboxylic acids is 4. The predicted octanol–water partition coefficient (Wildman–Crippen LogP) is -3.01. The number of rotatable bonds is 18. The summed E-state index contributed by atoms with van der Waals surface area (Å²) in [6, 6.07) is -4.77. The smallest absolute Gasteiger partial charge is 0.326 e. The first kappa shape index (κ1) is 30.6. The Labute approximate surface area is 196 Å². The highest BCUT2D eigenvalue weighted by atomic mass is 32.2. The number of primary amides is 1. The largest absolute Gasteiger partial charge is 0.480 e. The standard InChI is InChI=1S/C19H36N6O7S/c1-33-9-7-13(19(31)32)24-17(29)12(4-2-3-8-20)23-18(30)14(10-26)25-16(28)11(21)5-6-15(22)27/h11-14,26H,2-10,20-21H2,1H3,(H2,22,27)(H,23,30)(H,24,29)(H,25,28)(H,31,32). The van der Waals surface area contributed by atoms with Crippen molar-refractivity contribution < 1.29 is 34.2 Å². The molecule has 4 amide bonds. The molecule has 0 saturated heterocycles. The lowest BCUT2D eigenvalue weighted by Gasteiger charge is -2.24. The molecule has 0 fully saturated rings. The maximum absolute atomic E-state index is 12.7. The number of nitrogens with two attached hydrogens (primary N) is 3. The second-order valence-electron chi connectivity index (χ2n) is 7.38. The van der Waals surface area contributed by atoms with Crippen LogP contribution in [0.2, 0.25) is 0 Å². The predicted molar refractivity (Wildman–Crippen MR) is 123 cm³/mol. The van der Waals surface area contributed by atoms with Crippen molar-refractivity contribution in [1.29, 1.82) is 0 Å². The van der Waals surface area contributed by atoms with Crippen molar-refractivity contribution in [2.45, 2.75) is 62.7 Å². The number of amides is 4. The fraction of sp³-hybridized carbons (Fsp3) is 0.737. The van der Waals surface area contributed by atoms with E-state index in [0.29, 0.717) is 25.1 Å². The zero-order valence-corrected chi connectivity index (χ0v) is 19.6. The topological polar surface area (TPSA) is 240 Å². The van der Waals surface area contributed by atoms with Crippen molar-refractivity contribution in [1.82, 2.24) is 16.0 Å². The van der Waals surface area contributed by atoms with Gasteiger partial charge in [0.1, 0.15) is 18.1 Å². The first-order valence-corrected chi connectivity index (χ1v) is 11.9. The molecule has 4 atom stereocenters. The lowest BCUT2D eigenvalue weighted by Crippen LogP contribution is -2.58. The van der Waals surface area contributed by atoms with E-state index in [9.17, 15) is 34.2 Å². The summed E-state index contributed by atoms with van der Waals surface area (Å²) < 4.78 is 0. The van der Waals surface area contributed by atoms with E-state index in [1.54, 1.807) is 6.26 Å². The minimum Gasteiger partial charge on any atom is -0.480 e. The molecule has 11 N–H and O–H groups in total. The molecule has 0 spiro atoms. The molecule has 0 saturated carbocycles. The van der Waals surface area contributed by atoms with Crippen LogP contribution in [-0.2, 0) is 24.0 Å². The number of carboxylic acid groups (broad SMARTS) is 1. The molecule has 0 heterocycles. The van der Waals surface area contributed by atoms with E-state index in [4.69, 9.17) is 17.2 Å². The van der Waals surface area contributed by atoms with Crippen LogP contribution >= 0.6 is 11.8 Å². The fourth-order valence-corrected chi connectivity index (χ4v) is 3.17. The Morgan fingerprint density at radius 3 is 1.97 bits per heavy atom. The Morgan fingerprint density at radius 1 is 0.879 bits per heavy atom. The summed E-state index contributed by atoms with van der Waals surface area (Å²) in [5.74, 6) is -3.66. The first-order valence-electron chi connectivity index (χ1n) is 10.5. The number of carbonyl (C=O) groups is 5. The van der Waals surface area contributed by atoms with E-state index in [-0.39, 0.29) is 25.7 Å². The van der Waals surface area contributed by atoms with E-state index >= 15 is 0 Å². The minimum absolute atomic E-state index is 0.0440. The van der Waals surface area contributed by atoms with Crippen LogP contribution in [-0.4, -0.2) is 89.1 Å². The van der Waals surface area contributed by atoms with Crippen LogP contribution in [0.25, 0.3) is 0 Å². The van der Waals surface area contributed by atoms with Gasteiger partial charge in [-0.3, -0.25) is 19.2 Å². The maximum atomic E-state index is 12.7. The van der Waals surface area contributed by atoms with Gasteiger partial charge in [-0.2, -0.15) is 11.8 Å². The van der Waals surface area contributed by atoms with E-state index in [0.717, 1.165) is 0 Å². The van der Waals surface area contributed by atoms with Crippen molar-refractivity contribution in [2.24, 2.45) is 17.2 Å². The normalized spacial score (nSPS) is 14.4. The zero-order valence-electron chi connectivity index (χ0n) is 18.7. The number of unbranched alkanes of at least 4 members (excludes halogenated alkanes) is 1. The molecule has 0 radical (unpaired) electrons. The summed E-state index contributed by atoms with van der Waals surface area (Å²) in [5.41, 5.74) is 16.1. The number of hydrogen-bond acceptors (Lipinski definition) is 9. The van der Waals surface area contributed by atoms with Crippen molar-refractivity contribution >= 4 is 41.4 Å². The third-order valence-corrected chi connectivity index (χ3v) is 5.30. The van der Waals surface area contributed by atoms with Gasteiger partial charge in [0.05, 0.1) is 12.6 Å². The molecule has 4 unspecified atom stereocenters. The fourth-order valence-electron chi connectivity index (χ4n) is 2.70. The highest BCUT2D eigenvalue weighted by molar-refractivity contribution is 7.98. The summed E-state index contributed by atoms with van der Waals surface area (Å²) in [6.07, 6.45) is 3.06. The van der Waals surface area contributed by atoms with Crippen molar-refractivity contribution in [3.05, 3.63) is 0 Å². The Hall–Kier alpha value is -2.42. The van der Waals surface area contributed by atoms with Crippen LogP contribution < -0.4 is 33.2 Å². The molecule has 33 heavy (non-hydrogen) atoms. The second kappa shape index (κ2) is 17.1. The molecular formula is C19H36N6O7S. The Bertz CT molecular complexity index is 667. The third-order valence-electron chi connectivity index (χ3n) is 4.66. The van der Waals surface area contributed by atoms with Gasteiger partial charge >= 0.3 is 5.97 Å². The molecule has 13 nitrogen and oxygen atoms in total. The van der Waals surface area contributed by atoms with Crippen LogP contribution in [0.15, 0.2) is 0 Å². The van der Waals surface area contributed by atoms with Crippen LogP contribution in [0.1, 0.15) is 38.5 Å². The lowest BCUT2D eigenvalue weighted by molar-refractivity contribution is -0.142. The second-order valence-corrected chi connectivity index (χ2v) is 8.37. The Morgan fingerprint density at radius 2 is 1.45 bits per heavy atom. The Kier molecular flexibility index (Phi) is 15.9. The van der Waals surface area contributed by atoms with Gasteiger partial charge in [0.2, 0.25) is 23.6 Å². The SMILES string of the molecule is CSCCC(NC(=O)C(CCCCN)NC(=O)C(CO)NC(=O)C(N)CCC(N)=O)C(=O)O. The quantitative estimate of drug-likeness (QED) is 0.0901. The summed E-state index contributed by atoms with van der Waals surface area (Å²) >= 11 is 1.43. The number of hydrogen-bond donors (Lipinski definition) is 8. The summed E-state index contributed by atoms with van der Waals surface area (Å²) in [7, 11) is 0. The zero-order chi connectivity index (χ0) is 25.4. The number of aliphatic carboxylic acids is 1. The minimum atomic E-state index is -1.41. The molecule has 0 aromatic carbocycles. The van der Waals surface area contributed by atoms with E-state index < -0.39 is 60.4 Å². The number of carboxylic acids is 1. The molecule has 0 rings (SSSR count). The first-order chi connectivity index (χ1) is 15.6. The lowest BCUT2D eigenvalue weighted by atomic mass is 10.1. The van der Waals surface area contributed by atoms with Gasteiger partial charge in [0.25, 0.3) is 0 Å². The number of thioether (sulfide) groups is 1. The summed E-state index contributed by atoms with van der Waals surface area (Å²) in [4.78, 5) is 59.7. The van der Waals surface area contributed by atoms with E-state index in [1.165, 1.54) is 11.8 Å². The van der Waals surface area contributed by atoms with Gasteiger partial charge in [0.15, 0.2) is 0 Å². The summed E-state index contributed by atoms with van der Waals surface area (Å²) in [6.45, 7) is -0.408. The van der Waals surface area contributed by atoms with Crippen LogP contribution in [0.3, 0.4) is 0 Å².